The molecule has 0 amide bonds. The van der Waals surface area contributed by atoms with Crippen molar-refractivity contribution in [3.05, 3.63) is 29.6 Å². The van der Waals surface area contributed by atoms with Gasteiger partial charge in [0.2, 0.25) is 0 Å². The van der Waals surface area contributed by atoms with E-state index in [-0.39, 0.29) is 12.2 Å². The van der Waals surface area contributed by atoms with Crippen molar-refractivity contribution in [2.75, 3.05) is 20.3 Å². The van der Waals surface area contributed by atoms with E-state index in [9.17, 15) is 9.18 Å². The molecule has 19 heavy (non-hydrogen) atoms. The molecule has 1 aliphatic rings. The van der Waals surface area contributed by atoms with Crippen molar-refractivity contribution in [3.63, 3.8) is 0 Å². The van der Waals surface area contributed by atoms with Crippen LogP contribution in [-0.2, 0) is 14.9 Å². The average molecular weight is 269 g/mol. The summed E-state index contributed by atoms with van der Waals surface area (Å²) in [6.07, 6.45) is -0.184. The first-order valence-electron chi connectivity index (χ1n) is 5.89. The monoisotopic (exact) mass is 269 g/mol. The maximum absolute atomic E-state index is 13.7. The van der Waals surface area contributed by atoms with Crippen LogP contribution < -0.4 is 10.5 Å². The highest BCUT2D eigenvalue weighted by molar-refractivity contribution is 5.68. The zero-order valence-electron chi connectivity index (χ0n) is 10.6. The molecule has 1 aromatic carbocycles. The molecule has 0 radical (unpaired) electrons. The first-order valence-corrected chi connectivity index (χ1v) is 5.89. The number of aliphatic carboxylic acids is 1. The van der Waals surface area contributed by atoms with E-state index in [1.165, 1.54) is 19.2 Å². The summed E-state index contributed by atoms with van der Waals surface area (Å²) in [5.74, 6) is -1.33. The molecule has 0 aromatic heterocycles. The summed E-state index contributed by atoms with van der Waals surface area (Å²) in [5, 5.41) is 8.84. The van der Waals surface area contributed by atoms with E-state index in [1.54, 1.807) is 6.07 Å². The molecule has 1 aliphatic heterocycles. The van der Waals surface area contributed by atoms with E-state index >= 15 is 0 Å². The largest absolute Gasteiger partial charge is 0.494 e. The van der Waals surface area contributed by atoms with Crippen molar-refractivity contribution in [1.29, 1.82) is 0 Å². The van der Waals surface area contributed by atoms with E-state index in [4.69, 9.17) is 20.3 Å². The second-order valence-electron chi connectivity index (χ2n) is 4.70. The molecule has 0 spiro atoms. The molecule has 2 rings (SSSR count). The Labute approximate surface area is 110 Å². The second-order valence-corrected chi connectivity index (χ2v) is 4.70. The van der Waals surface area contributed by atoms with Crippen LogP contribution in [0.5, 0.6) is 5.75 Å². The molecule has 0 saturated carbocycles. The third-order valence-corrected chi connectivity index (χ3v) is 3.55. The normalized spacial score (nSPS) is 18.5. The lowest BCUT2D eigenvalue weighted by atomic mass is 9.71. The van der Waals surface area contributed by atoms with Crippen LogP contribution in [0.15, 0.2) is 18.2 Å². The van der Waals surface area contributed by atoms with Gasteiger partial charge in [-0.05, 0) is 17.7 Å². The van der Waals surface area contributed by atoms with E-state index in [0.29, 0.717) is 18.8 Å². The molecule has 1 unspecified atom stereocenters. The number of halogens is 1. The van der Waals surface area contributed by atoms with Gasteiger partial charge in [0, 0.05) is 6.04 Å². The van der Waals surface area contributed by atoms with Gasteiger partial charge in [0.25, 0.3) is 0 Å². The van der Waals surface area contributed by atoms with Crippen LogP contribution in [0.2, 0.25) is 0 Å². The minimum absolute atomic E-state index is 0.144. The van der Waals surface area contributed by atoms with Gasteiger partial charge in [-0.1, -0.05) is 6.07 Å². The lowest BCUT2D eigenvalue weighted by Crippen LogP contribution is -2.59. The molecule has 1 fully saturated rings. The fourth-order valence-electron chi connectivity index (χ4n) is 2.28. The lowest BCUT2D eigenvalue weighted by molar-refractivity contribution is -0.140. The smallest absolute Gasteiger partial charge is 0.304 e. The molecule has 3 N–H and O–H groups in total. The van der Waals surface area contributed by atoms with Gasteiger partial charge < -0.3 is 20.3 Å². The number of carbonyl (C=O) groups is 1. The van der Waals surface area contributed by atoms with Crippen LogP contribution in [0.4, 0.5) is 4.39 Å². The van der Waals surface area contributed by atoms with Crippen molar-refractivity contribution < 1.29 is 23.8 Å². The molecule has 1 aromatic rings. The number of carboxylic acids is 1. The Hall–Kier alpha value is -1.66. The van der Waals surface area contributed by atoms with Crippen LogP contribution in [0.25, 0.3) is 0 Å². The van der Waals surface area contributed by atoms with Crippen LogP contribution in [-0.4, -0.2) is 37.4 Å². The molecule has 0 aliphatic carbocycles. The number of methoxy groups -OCH3 is 1. The predicted octanol–water partition coefficient (Wildman–Crippen LogP) is 0.904. The summed E-state index contributed by atoms with van der Waals surface area (Å²) in [4.78, 5) is 10.8. The van der Waals surface area contributed by atoms with E-state index in [2.05, 4.69) is 0 Å². The van der Waals surface area contributed by atoms with Gasteiger partial charge >= 0.3 is 5.97 Å². The van der Waals surface area contributed by atoms with Gasteiger partial charge in [0.15, 0.2) is 11.6 Å². The fourth-order valence-corrected chi connectivity index (χ4v) is 2.28. The van der Waals surface area contributed by atoms with Crippen molar-refractivity contribution in [2.24, 2.45) is 5.73 Å². The Morgan fingerprint density at radius 3 is 2.74 bits per heavy atom. The number of benzene rings is 1. The number of ether oxygens (including phenoxy) is 2. The zero-order chi connectivity index (χ0) is 14.0. The maximum Gasteiger partial charge on any atom is 0.304 e. The SMILES string of the molecule is COc1ccc(C2(C(N)CC(=O)O)COC2)cc1F. The number of hydrogen-bond donors (Lipinski definition) is 2. The van der Waals surface area contributed by atoms with Crippen LogP contribution in [0.1, 0.15) is 12.0 Å². The summed E-state index contributed by atoms with van der Waals surface area (Å²) < 4.78 is 23.8. The van der Waals surface area contributed by atoms with Gasteiger partial charge in [-0.15, -0.1) is 0 Å². The first-order chi connectivity index (χ1) is 8.99. The highest BCUT2D eigenvalue weighted by Gasteiger charge is 2.46. The Bertz CT molecular complexity index is 488. The maximum atomic E-state index is 13.7. The quantitative estimate of drug-likeness (QED) is 0.830. The second kappa shape index (κ2) is 5.14. The van der Waals surface area contributed by atoms with Crippen LogP contribution in [0.3, 0.4) is 0 Å². The molecule has 0 bridgehead atoms. The first kappa shape index (κ1) is 13.8. The fraction of sp³-hybridized carbons (Fsp3) is 0.462. The topological polar surface area (TPSA) is 81.8 Å². The third-order valence-electron chi connectivity index (χ3n) is 3.55. The van der Waals surface area contributed by atoms with Gasteiger partial charge in [-0.2, -0.15) is 0 Å². The lowest BCUT2D eigenvalue weighted by Gasteiger charge is -2.45. The highest BCUT2D eigenvalue weighted by atomic mass is 19.1. The van der Waals surface area contributed by atoms with Crippen LogP contribution in [0, 0.1) is 5.82 Å². The van der Waals surface area contributed by atoms with Gasteiger partial charge in [0.1, 0.15) is 0 Å². The molecule has 1 heterocycles. The number of carboxylic acid groups (broad SMARTS) is 1. The van der Waals surface area contributed by atoms with Crippen molar-refractivity contribution in [1.82, 2.24) is 0 Å². The molecule has 104 valence electrons. The number of nitrogens with two attached hydrogens (primary N) is 1. The van der Waals surface area contributed by atoms with Crippen molar-refractivity contribution in [3.8, 4) is 5.75 Å². The van der Waals surface area contributed by atoms with Gasteiger partial charge in [0.05, 0.1) is 32.2 Å². The summed E-state index contributed by atoms with van der Waals surface area (Å²) in [5.41, 5.74) is 5.96. The Morgan fingerprint density at radius 2 is 2.32 bits per heavy atom. The molecule has 1 saturated heterocycles. The number of rotatable bonds is 5. The molecule has 5 nitrogen and oxygen atoms in total. The minimum Gasteiger partial charge on any atom is -0.494 e. The Balaban J connectivity index is 2.31. The van der Waals surface area contributed by atoms with Gasteiger partial charge in [-0.25, -0.2) is 4.39 Å². The van der Waals surface area contributed by atoms with E-state index < -0.39 is 23.2 Å². The summed E-state index contributed by atoms with van der Waals surface area (Å²) in [6.45, 7) is 0.598. The summed E-state index contributed by atoms with van der Waals surface area (Å²) in [6, 6.07) is 3.93. The number of hydrogen-bond acceptors (Lipinski definition) is 4. The molecule has 6 heteroatoms. The van der Waals surface area contributed by atoms with Crippen molar-refractivity contribution >= 4 is 5.97 Å². The summed E-state index contributed by atoms with van der Waals surface area (Å²) >= 11 is 0. The Kier molecular flexibility index (Phi) is 3.73. The minimum atomic E-state index is -0.979. The molecule has 1 atom stereocenters. The Morgan fingerprint density at radius 1 is 1.63 bits per heavy atom. The summed E-state index contributed by atoms with van der Waals surface area (Å²) in [7, 11) is 1.39. The average Bonchev–Trinajstić information content (AvgIpc) is 2.26. The third kappa shape index (κ3) is 2.41. The predicted molar refractivity (Wildman–Crippen MR) is 65.7 cm³/mol. The molecular weight excluding hydrogens is 253 g/mol. The highest BCUT2D eigenvalue weighted by Crippen LogP contribution is 2.37. The van der Waals surface area contributed by atoms with Crippen molar-refractivity contribution in [2.45, 2.75) is 17.9 Å². The standard InChI is InChI=1S/C13H16FNO4/c1-18-10-3-2-8(4-9(10)14)13(6-19-7-13)11(15)5-12(16)17/h2-4,11H,5-7,15H2,1H3,(H,16,17). The van der Waals surface area contributed by atoms with E-state index in [0.717, 1.165) is 0 Å². The zero-order valence-corrected chi connectivity index (χ0v) is 10.6. The van der Waals surface area contributed by atoms with Crippen LogP contribution >= 0.6 is 0 Å². The molecular formula is C13H16FNO4. The van der Waals surface area contributed by atoms with Gasteiger partial charge in [-0.3, -0.25) is 4.79 Å². The van der Waals surface area contributed by atoms with E-state index in [1.807, 2.05) is 0 Å².